The molecule has 2 rings (SSSR count). The third-order valence-electron chi connectivity index (χ3n) is 3.21. The summed E-state index contributed by atoms with van der Waals surface area (Å²) >= 11 is 0. The standard InChI is InChI=1S/C12H14O4/c1-7(13)16-11-4-2-3-8-9(14)5-6-10(15)12(8)11/h2,4,8,11-12H,3,5-6H2,1H3. The smallest absolute Gasteiger partial charge is 0.303 e. The molecule has 16 heavy (non-hydrogen) atoms. The second-order valence-corrected chi connectivity index (χ2v) is 4.30. The van der Waals surface area contributed by atoms with Gasteiger partial charge in [-0.05, 0) is 12.5 Å². The molecular weight excluding hydrogens is 208 g/mol. The first-order valence-corrected chi connectivity index (χ1v) is 5.49. The monoisotopic (exact) mass is 222 g/mol. The molecule has 3 unspecified atom stereocenters. The van der Waals surface area contributed by atoms with Crippen LogP contribution in [0.3, 0.4) is 0 Å². The Hall–Kier alpha value is -1.45. The molecule has 0 aromatic heterocycles. The first-order valence-electron chi connectivity index (χ1n) is 5.49. The number of allylic oxidation sites excluding steroid dienone is 1. The van der Waals surface area contributed by atoms with Gasteiger partial charge in [-0.2, -0.15) is 0 Å². The Labute approximate surface area is 93.7 Å². The van der Waals surface area contributed by atoms with Crippen molar-refractivity contribution in [2.24, 2.45) is 11.8 Å². The molecule has 0 aromatic carbocycles. The fraction of sp³-hybridized carbons (Fsp3) is 0.583. The minimum atomic E-state index is -0.548. The van der Waals surface area contributed by atoms with E-state index in [9.17, 15) is 14.4 Å². The summed E-state index contributed by atoms with van der Waals surface area (Å²) in [5.41, 5.74) is 0. The zero-order valence-corrected chi connectivity index (χ0v) is 9.14. The van der Waals surface area contributed by atoms with E-state index in [4.69, 9.17) is 4.74 Å². The van der Waals surface area contributed by atoms with Gasteiger partial charge in [-0.25, -0.2) is 0 Å². The van der Waals surface area contributed by atoms with Gasteiger partial charge in [-0.15, -0.1) is 0 Å². The Kier molecular flexibility index (Phi) is 2.90. The molecule has 0 heterocycles. The average Bonchev–Trinajstić information content (AvgIpc) is 2.23. The number of Topliss-reactive ketones (excluding diaryl/α,β-unsaturated/α-hetero) is 2. The van der Waals surface area contributed by atoms with Crippen molar-refractivity contribution in [1.82, 2.24) is 0 Å². The van der Waals surface area contributed by atoms with Crippen LogP contribution in [0.25, 0.3) is 0 Å². The lowest BCUT2D eigenvalue weighted by Crippen LogP contribution is -2.44. The maximum atomic E-state index is 11.8. The van der Waals surface area contributed by atoms with E-state index >= 15 is 0 Å². The number of ether oxygens (including phenoxy) is 1. The molecule has 0 bridgehead atoms. The van der Waals surface area contributed by atoms with Gasteiger partial charge in [0.2, 0.25) is 0 Å². The summed E-state index contributed by atoms with van der Waals surface area (Å²) in [7, 11) is 0. The highest BCUT2D eigenvalue weighted by Crippen LogP contribution is 2.35. The minimum absolute atomic E-state index is 0.0419. The number of hydrogen-bond donors (Lipinski definition) is 0. The molecule has 0 N–H and O–H groups in total. The largest absolute Gasteiger partial charge is 0.458 e. The topological polar surface area (TPSA) is 60.4 Å². The molecule has 1 fully saturated rings. The Morgan fingerprint density at radius 3 is 2.69 bits per heavy atom. The fourth-order valence-electron chi connectivity index (χ4n) is 2.50. The second kappa shape index (κ2) is 4.20. The molecule has 2 aliphatic carbocycles. The third kappa shape index (κ3) is 1.92. The van der Waals surface area contributed by atoms with Crippen molar-refractivity contribution >= 4 is 17.5 Å². The van der Waals surface area contributed by atoms with Gasteiger partial charge in [0.1, 0.15) is 17.7 Å². The Balaban J connectivity index is 2.23. The van der Waals surface area contributed by atoms with Crippen LogP contribution in [0, 0.1) is 11.8 Å². The van der Waals surface area contributed by atoms with Gasteiger partial charge < -0.3 is 4.74 Å². The molecule has 0 amide bonds. The van der Waals surface area contributed by atoms with Crippen LogP contribution in [0.4, 0.5) is 0 Å². The molecular formula is C12H14O4. The van der Waals surface area contributed by atoms with Crippen molar-refractivity contribution in [3.63, 3.8) is 0 Å². The number of carbonyl (C=O) groups excluding carboxylic acids is 3. The Morgan fingerprint density at radius 1 is 1.31 bits per heavy atom. The van der Waals surface area contributed by atoms with Crippen molar-refractivity contribution in [2.45, 2.75) is 32.3 Å². The summed E-state index contributed by atoms with van der Waals surface area (Å²) in [5, 5.41) is 0. The van der Waals surface area contributed by atoms with E-state index in [1.54, 1.807) is 6.08 Å². The predicted octanol–water partition coefficient (Wildman–Crippen LogP) is 1.04. The molecule has 3 atom stereocenters. The van der Waals surface area contributed by atoms with Gasteiger partial charge in [0, 0.05) is 25.7 Å². The van der Waals surface area contributed by atoms with Crippen molar-refractivity contribution < 1.29 is 19.1 Å². The summed E-state index contributed by atoms with van der Waals surface area (Å²) in [6.45, 7) is 1.31. The molecule has 0 spiro atoms. The van der Waals surface area contributed by atoms with Gasteiger partial charge in [-0.1, -0.05) is 6.08 Å². The summed E-state index contributed by atoms with van der Waals surface area (Å²) in [5.74, 6) is -0.988. The molecule has 0 aromatic rings. The zero-order valence-electron chi connectivity index (χ0n) is 9.14. The van der Waals surface area contributed by atoms with Crippen molar-refractivity contribution in [2.75, 3.05) is 0 Å². The quantitative estimate of drug-likeness (QED) is 0.491. The molecule has 0 saturated heterocycles. The summed E-state index contributed by atoms with van der Waals surface area (Å²) in [4.78, 5) is 34.4. The lowest BCUT2D eigenvalue weighted by atomic mass is 9.70. The lowest BCUT2D eigenvalue weighted by molar-refractivity contribution is -0.154. The highest BCUT2D eigenvalue weighted by molar-refractivity contribution is 5.97. The molecule has 2 aliphatic rings. The van der Waals surface area contributed by atoms with Crippen LogP contribution in [0.1, 0.15) is 26.2 Å². The third-order valence-corrected chi connectivity index (χ3v) is 3.21. The summed E-state index contributed by atoms with van der Waals surface area (Å²) in [6, 6.07) is 0. The average molecular weight is 222 g/mol. The van der Waals surface area contributed by atoms with Gasteiger partial charge in [0.05, 0.1) is 5.92 Å². The van der Waals surface area contributed by atoms with E-state index < -0.39 is 18.0 Å². The van der Waals surface area contributed by atoms with Crippen molar-refractivity contribution in [3.05, 3.63) is 12.2 Å². The summed E-state index contributed by atoms with van der Waals surface area (Å²) < 4.78 is 5.08. The van der Waals surface area contributed by atoms with E-state index in [1.807, 2.05) is 6.08 Å². The maximum absolute atomic E-state index is 11.8. The highest BCUT2D eigenvalue weighted by Gasteiger charge is 2.43. The molecule has 1 saturated carbocycles. The van der Waals surface area contributed by atoms with E-state index in [0.29, 0.717) is 12.8 Å². The number of ketones is 2. The Morgan fingerprint density at radius 2 is 2.00 bits per heavy atom. The normalized spacial score (nSPS) is 33.4. The number of fused-ring (bicyclic) bond motifs is 1. The second-order valence-electron chi connectivity index (χ2n) is 4.30. The first kappa shape index (κ1) is 11.0. The Bertz CT molecular complexity index is 369. The number of rotatable bonds is 1. The molecule has 0 radical (unpaired) electrons. The first-order chi connectivity index (χ1) is 7.59. The van der Waals surface area contributed by atoms with Gasteiger partial charge in [0.25, 0.3) is 0 Å². The van der Waals surface area contributed by atoms with E-state index in [2.05, 4.69) is 0 Å². The van der Waals surface area contributed by atoms with E-state index in [-0.39, 0.29) is 23.9 Å². The fourth-order valence-corrected chi connectivity index (χ4v) is 2.50. The van der Waals surface area contributed by atoms with Crippen LogP contribution in [0.15, 0.2) is 12.2 Å². The van der Waals surface area contributed by atoms with Crippen LogP contribution in [0.2, 0.25) is 0 Å². The number of esters is 1. The SMILES string of the molecule is CC(=O)OC1C=CCC2C(=O)CCC(=O)C12. The predicted molar refractivity (Wildman–Crippen MR) is 55.5 cm³/mol. The van der Waals surface area contributed by atoms with Gasteiger partial charge in [-0.3, -0.25) is 14.4 Å². The van der Waals surface area contributed by atoms with Crippen LogP contribution in [-0.2, 0) is 19.1 Å². The van der Waals surface area contributed by atoms with Crippen LogP contribution in [-0.4, -0.2) is 23.6 Å². The van der Waals surface area contributed by atoms with Crippen LogP contribution >= 0.6 is 0 Å². The number of hydrogen-bond acceptors (Lipinski definition) is 4. The van der Waals surface area contributed by atoms with Crippen molar-refractivity contribution in [3.8, 4) is 0 Å². The van der Waals surface area contributed by atoms with Gasteiger partial charge in [0.15, 0.2) is 0 Å². The van der Waals surface area contributed by atoms with E-state index in [1.165, 1.54) is 6.92 Å². The zero-order chi connectivity index (χ0) is 11.7. The van der Waals surface area contributed by atoms with Crippen LogP contribution in [0.5, 0.6) is 0 Å². The van der Waals surface area contributed by atoms with Crippen molar-refractivity contribution in [1.29, 1.82) is 0 Å². The number of carbonyl (C=O) groups is 3. The molecule has 4 nitrogen and oxygen atoms in total. The molecule has 0 aliphatic heterocycles. The van der Waals surface area contributed by atoms with Crippen LogP contribution < -0.4 is 0 Å². The lowest BCUT2D eigenvalue weighted by Gasteiger charge is -2.35. The molecule has 4 heteroatoms. The minimum Gasteiger partial charge on any atom is -0.458 e. The van der Waals surface area contributed by atoms with Gasteiger partial charge >= 0.3 is 5.97 Å². The van der Waals surface area contributed by atoms with E-state index in [0.717, 1.165) is 0 Å². The molecule has 86 valence electrons. The highest BCUT2D eigenvalue weighted by atomic mass is 16.5. The maximum Gasteiger partial charge on any atom is 0.303 e. The summed E-state index contributed by atoms with van der Waals surface area (Å²) in [6.07, 6.45) is 4.21.